The van der Waals surface area contributed by atoms with Gasteiger partial charge in [-0.2, -0.15) is 0 Å². The number of nitrogens with one attached hydrogen (secondary N) is 2. The molecule has 1 aromatic carbocycles. The quantitative estimate of drug-likeness (QED) is 0.696. The van der Waals surface area contributed by atoms with Gasteiger partial charge in [0.15, 0.2) is 0 Å². The van der Waals surface area contributed by atoms with Crippen molar-refractivity contribution in [2.24, 2.45) is 0 Å². The van der Waals surface area contributed by atoms with Gasteiger partial charge in [0.1, 0.15) is 0 Å². The van der Waals surface area contributed by atoms with E-state index >= 15 is 0 Å². The van der Waals surface area contributed by atoms with E-state index in [9.17, 15) is 4.79 Å². The topological polar surface area (TPSA) is 76.4 Å². The van der Waals surface area contributed by atoms with Crippen LogP contribution in [0.25, 0.3) is 0 Å². The van der Waals surface area contributed by atoms with E-state index in [4.69, 9.17) is 10.5 Å². The molecular weight excluding hydrogens is 218 g/mol. The number of anilines is 2. The minimum atomic E-state index is -0.199. The molecule has 5 heteroatoms. The molecule has 92 valence electrons. The number of carbonyl (C=O) groups excluding carboxylic acids is 1. The molecule has 1 fully saturated rings. The smallest absolute Gasteiger partial charge is 0.319 e. The first-order valence-corrected chi connectivity index (χ1v) is 5.63. The molecule has 0 aliphatic heterocycles. The normalized spacial score (nSPS) is 22.6. The van der Waals surface area contributed by atoms with Gasteiger partial charge in [-0.15, -0.1) is 0 Å². The number of benzene rings is 1. The third-order valence-corrected chi connectivity index (χ3v) is 2.91. The Balaban J connectivity index is 1.78. The van der Waals surface area contributed by atoms with Crippen LogP contribution in [0.5, 0.6) is 0 Å². The lowest BCUT2D eigenvalue weighted by molar-refractivity contribution is 0.0210. The number of rotatable bonds is 3. The van der Waals surface area contributed by atoms with Gasteiger partial charge in [-0.25, -0.2) is 4.79 Å². The van der Waals surface area contributed by atoms with Gasteiger partial charge >= 0.3 is 6.03 Å². The number of nitrogens with two attached hydrogens (primary N) is 1. The van der Waals surface area contributed by atoms with E-state index < -0.39 is 0 Å². The maximum Gasteiger partial charge on any atom is 0.319 e. The zero-order chi connectivity index (χ0) is 12.3. The van der Waals surface area contributed by atoms with Crippen molar-refractivity contribution in [2.75, 3.05) is 18.2 Å². The standard InChI is InChI=1S/C12H17N3O2/c1-17-11-6-10(7-11)15-12(16)14-9-4-2-3-8(13)5-9/h2-5,10-11H,6-7,13H2,1H3,(H2,14,15,16). The van der Waals surface area contributed by atoms with Crippen molar-refractivity contribution in [1.82, 2.24) is 5.32 Å². The molecule has 4 N–H and O–H groups in total. The van der Waals surface area contributed by atoms with Crippen LogP contribution >= 0.6 is 0 Å². The molecule has 1 aliphatic carbocycles. The Morgan fingerprint density at radius 1 is 1.47 bits per heavy atom. The van der Waals surface area contributed by atoms with E-state index in [1.165, 1.54) is 0 Å². The van der Waals surface area contributed by atoms with E-state index in [0.29, 0.717) is 11.4 Å². The maximum atomic E-state index is 11.6. The monoisotopic (exact) mass is 235 g/mol. The molecule has 0 radical (unpaired) electrons. The first-order chi connectivity index (χ1) is 8.17. The highest BCUT2D eigenvalue weighted by Gasteiger charge is 2.29. The SMILES string of the molecule is COC1CC(NC(=O)Nc2cccc(N)c2)C1. The van der Waals surface area contributed by atoms with E-state index in [-0.39, 0.29) is 18.2 Å². The Bertz CT molecular complexity index is 402. The predicted octanol–water partition coefficient (Wildman–Crippen LogP) is 1.57. The highest BCUT2D eigenvalue weighted by molar-refractivity contribution is 5.90. The molecule has 0 spiro atoms. The summed E-state index contributed by atoms with van der Waals surface area (Å²) in [6.45, 7) is 0. The number of methoxy groups -OCH3 is 1. The number of nitrogen functional groups attached to an aromatic ring is 1. The van der Waals surface area contributed by atoms with Crippen molar-refractivity contribution in [3.8, 4) is 0 Å². The second-order valence-corrected chi connectivity index (χ2v) is 4.25. The average molecular weight is 235 g/mol. The summed E-state index contributed by atoms with van der Waals surface area (Å²) in [6, 6.07) is 7.11. The fourth-order valence-electron chi connectivity index (χ4n) is 1.84. The molecule has 5 nitrogen and oxygen atoms in total. The molecule has 1 aromatic rings. The number of ether oxygens (including phenoxy) is 1. The Morgan fingerprint density at radius 3 is 2.88 bits per heavy atom. The molecule has 17 heavy (non-hydrogen) atoms. The summed E-state index contributed by atoms with van der Waals surface area (Å²) < 4.78 is 5.14. The molecule has 0 aromatic heterocycles. The van der Waals surface area contributed by atoms with E-state index in [2.05, 4.69) is 10.6 Å². The van der Waals surface area contributed by atoms with Crippen molar-refractivity contribution in [3.05, 3.63) is 24.3 Å². The Kier molecular flexibility index (Phi) is 3.49. The van der Waals surface area contributed by atoms with Crippen molar-refractivity contribution >= 4 is 17.4 Å². The van der Waals surface area contributed by atoms with E-state index in [1.807, 2.05) is 0 Å². The second-order valence-electron chi connectivity index (χ2n) is 4.25. The van der Waals surface area contributed by atoms with Crippen LogP contribution in [0, 0.1) is 0 Å². The fourth-order valence-corrected chi connectivity index (χ4v) is 1.84. The van der Waals surface area contributed by atoms with Crippen LogP contribution in [0.15, 0.2) is 24.3 Å². The molecule has 2 rings (SSSR count). The number of urea groups is 1. The Labute approximate surface area is 100 Å². The molecule has 1 aliphatic rings. The lowest BCUT2D eigenvalue weighted by atomic mass is 9.89. The van der Waals surface area contributed by atoms with Crippen LogP contribution in [0.4, 0.5) is 16.2 Å². The highest BCUT2D eigenvalue weighted by Crippen LogP contribution is 2.22. The molecule has 2 amide bonds. The van der Waals surface area contributed by atoms with E-state index in [0.717, 1.165) is 12.8 Å². The largest absolute Gasteiger partial charge is 0.399 e. The molecule has 1 saturated carbocycles. The molecule has 0 saturated heterocycles. The zero-order valence-corrected chi connectivity index (χ0v) is 9.77. The second kappa shape index (κ2) is 5.05. The summed E-state index contributed by atoms with van der Waals surface area (Å²) in [5.41, 5.74) is 6.95. The minimum Gasteiger partial charge on any atom is -0.399 e. The minimum absolute atomic E-state index is 0.199. The van der Waals surface area contributed by atoms with Crippen LogP contribution in [0.2, 0.25) is 0 Å². The first-order valence-electron chi connectivity index (χ1n) is 5.63. The maximum absolute atomic E-state index is 11.6. The third kappa shape index (κ3) is 3.10. The van der Waals surface area contributed by atoms with Gasteiger partial charge in [-0.05, 0) is 31.0 Å². The van der Waals surface area contributed by atoms with Gasteiger partial charge in [0.25, 0.3) is 0 Å². The third-order valence-electron chi connectivity index (χ3n) is 2.91. The lowest BCUT2D eigenvalue weighted by Crippen LogP contribution is -2.48. The average Bonchev–Trinajstić information content (AvgIpc) is 2.22. The fraction of sp³-hybridized carbons (Fsp3) is 0.417. The number of carbonyl (C=O) groups is 1. The summed E-state index contributed by atoms with van der Waals surface area (Å²) in [5, 5.41) is 5.62. The number of hydrogen-bond acceptors (Lipinski definition) is 3. The van der Waals surface area contributed by atoms with Crippen LogP contribution < -0.4 is 16.4 Å². The van der Waals surface area contributed by atoms with Crippen LogP contribution in [0.1, 0.15) is 12.8 Å². The van der Waals surface area contributed by atoms with Crippen LogP contribution in [-0.4, -0.2) is 25.3 Å². The number of amides is 2. The van der Waals surface area contributed by atoms with Crippen LogP contribution in [0.3, 0.4) is 0 Å². The van der Waals surface area contributed by atoms with Crippen molar-refractivity contribution in [1.29, 1.82) is 0 Å². The Hall–Kier alpha value is -1.75. The van der Waals surface area contributed by atoms with Gasteiger partial charge in [0.05, 0.1) is 6.10 Å². The van der Waals surface area contributed by atoms with Crippen molar-refractivity contribution in [3.63, 3.8) is 0 Å². The highest BCUT2D eigenvalue weighted by atomic mass is 16.5. The van der Waals surface area contributed by atoms with Gasteiger partial charge in [0, 0.05) is 24.5 Å². The lowest BCUT2D eigenvalue weighted by Gasteiger charge is -2.34. The number of hydrogen-bond donors (Lipinski definition) is 3. The molecular formula is C12H17N3O2. The van der Waals surface area contributed by atoms with E-state index in [1.54, 1.807) is 31.4 Å². The van der Waals surface area contributed by atoms with Crippen molar-refractivity contribution in [2.45, 2.75) is 25.0 Å². The molecule has 0 unspecified atom stereocenters. The van der Waals surface area contributed by atoms with Crippen LogP contribution in [-0.2, 0) is 4.74 Å². The summed E-state index contributed by atoms with van der Waals surface area (Å²) in [6.07, 6.45) is 2.04. The summed E-state index contributed by atoms with van der Waals surface area (Å²) in [7, 11) is 1.69. The molecule has 0 heterocycles. The molecule has 0 atom stereocenters. The zero-order valence-electron chi connectivity index (χ0n) is 9.77. The van der Waals surface area contributed by atoms with Gasteiger partial charge in [-0.3, -0.25) is 0 Å². The summed E-state index contributed by atoms with van der Waals surface area (Å²) in [5.74, 6) is 0. The summed E-state index contributed by atoms with van der Waals surface area (Å²) >= 11 is 0. The van der Waals surface area contributed by atoms with Crippen molar-refractivity contribution < 1.29 is 9.53 Å². The predicted molar refractivity (Wildman–Crippen MR) is 66.8 cm³/mol. The molecule has 0 bridgehead atoms. The summed E-state index contributed by atoms with van der Waals surface area (Å²) in [4.78, 5) is 11.6. The van der Waals surface area contributed by atoms with Gasteiger partial charge in [-0.1, -0.05) is 6.07 Å². The first kappa shape index (κ1) is 11.7. The Morgan fingerprint density at radius 2 is 2.24 bits per heavy atom. The van der Waals surface area contributed by atoms with Gasteiger partial charge < -0.3 is 21.1 Å². The van der Waals surface area contributed by atoms with Gasteiger partial charge in [0.2, 0.25) is 0 Å².